The number of carbonyl (C=O) groups excluding carboxylic acids is 1. The lowest BCUT2D eigenvalue weighted by molar-refractivity contribution is -0.129. The number of ether oxygens (including phenoxy) is 1. The van der Waals surface area contributed by atoms with Crippen LogP contribution in [-0.2, 0) is 4.79 Å². The third kappa shape index (κ3) is 4.97. The van der Waals surface area contributed by atoms with E-state index in [1.807, 2.05) is 25.1 Å². The first-order valence-electron chi connectivity index (χ1n) is 9.19. The molecule has 1 N–H and O–H groups in total. The molecule has 1 aliphatic rings. The zero-order valence-electron chi connectivity index (χ0n) is 15.8. The van der Waals surface area contributed by atoms with Gasteiger partial charge < -0.3 is 15.0 Å². The molecule has 2 rings (SSSR count). The van der Waals surface area contributed by atoms with E-state index in [1.165, 1.54) is 11.1 Å². The zero-order chi connectivity index (χ0) is 17.7. The van der Waals surface area contributed by atoms with Crippen LogP contribution in [0.25, 0.3) is 0 Å². The molecule has 0 spiro atoms. The van der Waals surface area contributed by atoms with Gasteiger partial charge in [0.25, 0.3) is 5.91 Å². The Hall–Kier alpha value is -1.55. The maximum Gasteiger partial charge on any atom is 0.261 e. The predicted molar refractivity (Wildman–Crippen MR) is 98.5 cm³/mol. The second-order valence-electron chi connectivity index (χ2n) is 7.17. The average molecular weight is 332 g/mol. The second-order valence-corrected chi connectivity index (χ2v) is 7.17. The third-order valence-electron chi connectivity index (χ3n) is 5.03. The van der Waals surface area contributed by atoms with Crippen LogP contribution in [0.4, 0.5) is 0 Å². The zero-order valence-corrected chi connectivity index (χ0v) is 15.8. The SMILES string of the molecule is CC[C@@H](Oc1ccc(C)c(C)c1)C(=O)NC1CCN(C(C)C)CC1. The summed E-state index contributed by atoms with van der Waals surface area (Å²) in [5, 5.41) is 3.18. The summed E-state index contributed by atoms with van der Waals surface area (Å²) in [6, 6.07) is 6.84. The minimum atomic E-state index is -0.421. The Morgan fingerprint density at radius 3 is 2.46 bits per heavy atom. The van der Waals surface area contributed by atoms with Crippen LogP contribution in [0.15, 0.2) is 18.2 Å². The number of carbonyl (C=O) groups is 1. The number of aryl methyl sites for hydroxylation is 2. The van der Waals surface area contributed by atoms with Gasteiger partial charge in [0.15, 0.2) is 6.10 Å². The summed E-state index contributed by atoms with van der Waals surface area (Å²) in [5.74, 6) is 0.786. The van der Waals surface area contributed by atoms with Gasteiger partial charge in [-0.3, -0.25) is 4.79 Å². The number of nitrogens with zero attached hydrogens (tertiary/aromatic N) is 1. The molecule has 4 nitrogen and oxygen atoms in total. The van der Waals surface area contributed by atoms with E-state index < -0.39 is 6.10 Å². The van der Waals surface area contributed by atoms with Crippen molar-refractivity contribution in [3.8, 4) is 5.75 Å². The van der Waals surface area contributed by atoms with Crippen LogP contribution in [-0.4, -0.2) is 42.1 Å². The Balaban J connectivity index is 1.88. The maximum atomic E-state index is 12.6. The normalized spacial score (nSPS) is 17.8. The van der Waals surface area contributed by atoms with Crippen molar-refractivity contribution in [3.63, 3.8) is 0 Å². The van der Waals surface area contributed by atoms with E-state index in [1.54, 1.807) is 0 Å². The number of nitrogens with one attached hydrogen (secondary N) is 1. The molecule has 1 fully saturated rings. The Morgan fingerprint density at radius 2 is 1.92 bits per heavy atom. The second kappa shape index (κ2) is 8.52. The van der Waals surface area contributed by atoms with Gasteiger partial charge in [0.2, 0.25) is 0 Å². The van der Waals surface area contributed by atoms with Crippen LogP contribution >= 0.6 is 0 Å². The lowest BCUT2D eigenvalue weighted by atomic mass is 10.0. The first-order valence-corrected chi connectivity index (χ1v) is 9.19. The third-order valence-corrected chi connectivity index (χ3v) is 5.03. The van der Waals surface area contributed by atoms with E-state index in [2.05, 4.69) is 37.9 Å². The average Bonchev–Trinajstić information content (AvgIpc) is 2.56. The summed E-state index contributed by atoms with van der Waals surface area (Å²) in [7, 11) is 0. The molecule has 1 aromatic rings. The van der Waals surface area contributed by atoms with E-state index in [4.69, 9.17) is 4.74 Å². The molecule has 4 heteroatoms. The van der Waals surface area contributed by atoms with Crippen molar-refractivity contribution in [3.05, 3.63) is 29.3 Å². The van der Waals surface area contributed by atoms with Gasteiger partial charge in [-0.1, -0.05) is 13.0 Å². The van der Waals surface area contributed by atoms with Gasteiger partial charge in [-0.2, -0.15) is 0 Å². The molecule has 0 aromatic heterocycles. The highest BCUT2D eigenvalue weighted by Gasteiger charge is 2.25. The standard InChI is InChI=1S/C20H32N2O2/c1-6-19(24-18-8-7-15(4)16(5)13-18)20(23)21-17-9-11-22(12-10-17)14(2)3/h7-8,13-14,17,19H,6,9-12H2,1-5H3,(H,21,23)/t19-/m1/s1. The number of amides is 1. The molecule has 1 aliphatic heterocycles. The van der Waals surface area contributed by atoms with Crippen molar-refractivity contribution >= 4 is 5.91 Å². The van der Waals surface area contributed by atoms with Gasteiger partial charge in [0.1, 0.15) is 5.75 Å². The first kappa shape index (κ1) is 18.8. The smallest absolute Gasteiger partial charge is 0.261 e. The van der Waals surface area contributed by atoms with Gasteiger partial charge in [-0.25, -0.2) is 0 Å². The number of likely N-dealkylation sites (tertiary alicyclic amines) is 1. The number of hydrogen-bond donors (Lipinski definition) is 1. The van der Waals surface area contributed by atoms with Crippen molar-refractivity contribution < 1.29 is 9.53 Å². The Kier molecular flexibility index (Phi) is 6.67. The fraction of sp³-hybridized carbons (Fsp3) is 0.650. The lowest BCUT2D eigenvalue weighted by Gasteiger charge is -2.35. The van der Waals surface area contributed by atoms with E-state index in [0.29, 0.717) is 12.5 Å². The summed E-state index contributed by atoms with van der Waals surface area (Å²) < 4.78 is 5.94. The molecule has 0 bridgehead atoms. The predicted octanol–water partition coefficient (Wildman–Crippen LogP) is 3.45. The largest absolute Gasteiger partial charge is 0.481 e. The molecule has 1 aromatic carbocycles. The highest BCUT2D eigenvalue weighted by Crippen LogP contribution is 2.19. The van der Waals surface area contributed by atoms with Crippen LogP contribution in [0.3, 0.4) is 0 Å². The molecule has 0 radical (unpaired) electrons. The molecule has 1 saturated heterocycles. The molecule has 0 aliphatic carbocycles. The summed E-state index contributed by atoms with van der Waals surface area (Å²) >= 11 is 0. The minimum Gasteiger partial charge on any atom is -0.481 e. The fourth-order valence-electron chi connectivity index (χ4n) is 3.13. The van der Waals surface area contributed by atoms with Crippen LogP contribution in [0, 0.1) is 13.8 Å². The van der Waals surface area contributed by atoms with Gasteiger partial charge >= 0.3 is 0 Å². The van der Waals surface area contributed by atoms with Crippen molar-refractivity contribution in [2.45, 2.75) is 72.1 Å². The van der Waals surface area contributed by atoms with E-state index in [0.717, 1.165) is 31.7 Å². The first-order chi connectivity index (χ1) is 11.4. The van der Waals surface area contributed by atoms with Gasteiger partial charge in [-0.15, -0.1) is 0 Å². The molecule has 134 valence electrons. The van der Waals surface area contributed by atoms with Crippen LogP contribution in [0.5, 0.6) is 5.75 Å². The van der Waals surface area contributed by atoms with E-state index >= 15 is 0 Å². The number of piperidine rings is 1. The van der Waals surface area contributed by atoms with Gasteiger partial charge in [0.05, 0.1) is 0 Å². The molecule has 1 heterocycles. The molecule has 1 atom stereocenters. The van der Waals surface area contributed by atoms with Crippen molar-refractivity contribution in [1.82, 2.24) is 10.2 Å². The Morgan fingerprint density at radius 1 is 1.25 bits per heavy atom. The van der Waals surface area contributed by atoms with Crippen LogP contribution in [0.2, 0.25) is 0 Å². The van der Waals surface area contributed by atoms with Gasteiger partial charge in [-0.05, 0) is 70.2 Å². The van der Waals surface area contributed by atoms with Crippen molar-refractivity contribution in [2.75, 3.05) is 13.1 Å². The monoisotopic (exact) mass is 332 g/mol. The summed E-state index contributed by atoms with van der Waals surface area (Å²) in [5.41, 5.74) is 2.42. The molecule has 24 heavy (non-hydrogen) atoms. The fourth-order valence-corrected chi connectivity index (χ4v) is 3.13. The minimum absolute atomic E-state index is 0.0127. The highest BCUT2D eigenvalue weighted by molar-refractivity contribution is 5.81. The number of hydrogen-bond acceptors (Lipinski definition) is 3. The Labute approximate surface area is 146 Å². The molecule has 0 saturated carbocycles. The van der Waals surface area contributed by atoms with E-state index in [9.17, 15) is 4.79 Å². The summed E-state index contributed by atoms with van der Waals surface area (Å²) in [6.07, 6.45) is 2.28. The Bertz CT molecular complexity index is 549. The maximum absolute atomic E-state index is 12.6. The lowest BCUT2D eigenvalue weighted by Crippen LogP contribution is -2.49. The van der Waals surface area contributed by atoms with Crippen molar-refractivity contribution in [2.24, 2.45) is 0 Å². The quantitative estimate of drug-likeness (QED) is 0.867. The number of benzene rings is 1. The molecule has 0 unspecified atom stereocenters. The number of rotatable bonds is 6. The van der Waals surface area contributed by atoms with E-state index in [-0.39, 0.29) is 11.9 Å². The molecular formula is C20H32N2O2. The van der Waals surface area contributed by atoms with Crippen LogP contribution in [0.1, 0.15) is 51.2 Å². The van der Waals surface area contributed by atoms with Crippen molar-refractivity contribution in [1.29, 1.82) is 0 Å². The summed E-state index contributed by atoms with van der Waals surface area (Å²) in [6.45, 7) is 12.7. The topological polar surface area (TPSA) is 41.6 Å². The summed E-state index contributed by atoms with van der Waals surface area (Å²) in [4.78, 5) is 15.0. The highest BCUT2D eigenvalue weighted by atomic mass is 16.5. The molecule has 1 amide bonds. The van der Waals surface area contributed by atoms with Crippen LogP contribution < -0.4 is 10.1 Å². The van der Waals surface area contributed by atoms with Gasteiger partial charge in [0, 0.05) is 25.2 Å². The molecular weight excluding hydrogens is 300 g/mol.